The summed E-state index contributed by atoms with van der Waals surface area (Å²) in [5.74, 6) is 1.65. The molecular formula is C18H27NO3S. The first kappa shape index (κ1) is 18.1. The maximum absolute atomic E-state index is 12.4. The summed E-state index contributed by atoms with van der Waals surface area (Å²) in [7, 11) is 1.63. The summed E-state index contributed by atoms with van der Waals surface area (Å²) in [6.45, 7) is 5.10. The van der Waals surface area contributed by atoms with Gasteiger partial charge in [-0.3, -0.25) is 4.79 Å². The summed E-state index contributed by atoms with van der Waals surface area (Å²) in [5.41, 5.74) is 0.739. The van der Waals surface area contributed by atoms with Crippen molar-refractivity contribution in [1.82, 2.24) is 0 Å². The van der Waals surface area contributed by atoms with E-state index in [9.17, 15) is 4.79 Å². The van der Waals surface area contributed by atoms with Crippen LogP contribution in [0.3, 0.4) is 0 Å². The van der Waals surface area contributed by atoms with Gasteiger partial charge in [0.1, 0.15) is 5.75 Å². The molecule has 2 rings (SSSR count). The van der Waals surface area contributed by atoms with Crippen LogP contribution < -0.4 is 10.1 Å². The fourth-order valence-electron chi connectivity index (χ4n) is 2.92. The van der Waals surface area contributed by atoms with E-state index in [1.165, 1.54) is 0 Å². The Bertz CT molecular complexity index is 533. The van der Waals surface area contributed by atoms with Crippen LogP contribution in [0.5, 0.6) is 5.75 Å². The molecule has 1 saturated heterocycles. The monoisotopic (exact) mass is 337 g/mol. The third-order valence-corrected chi connectivity index (χ3v) is 5.05. The quantitative estimate of drug-likeness (QED) is 0.791. The predicted molar refractivity (Wildman–Crippen MR) is 95.3 cm³/mol. The van der Waals surface area contributed by atoms with Gasteiger partial charge >= 0.3 is 0 Å². The number of rotatable bonds is 6. The summed E-state index contributed by atoms with van der Waals surface area (Å²) in [5, 5.41) is 2.99. The number of benzene rings is 1. The number of carbonyl (C=O) groups is 1. The zero-order valence-electron chi connectivity index (χ0n) is 14.4. The first-order chi connectivity index (χ1) is 11.0. The van der Waals surface area contributed by atoms with Crippen LogP contribution in [-0.4, -0.2) is 32.0 Å². The lowest BCUT2D eigenvalue weighted by Gasteiger charge is -2.31. The summed E-state index contributed by atoms with van der Waals surface area (Å²) in [6, 6.07) is 5.85. The summed E-state index contributed by atoms with van der Waals surface area (Å²) < 4.78 is 11.2. The molecule has 0 spiro atoms. The Kier molecular flexibility index (Phi) is 6.78. The molecule has 1 aliphatic heterocycles. The molecule has 1 fully saturated rings. The standard InChI is InChI=1S/C18H27NO3S/c1-12(2)16-9-13(7-8-22-16)10-18(20)19-15-6-5-14(23-4)11-17(15)21-3/h5-6,11-13,16H,7-10H2,1-4H3,(H,19,20)/t13-,16+/m0/s1. The van der Waals surface area contributed by atoms with Crippen molar-refractivity contribution in [3.05, 3.63) is 18.2 Å². The number of carbonyl (C=O) groups excluding carboxylic acids is 1. The van der Waals surface area contributed by atoms with Gasteiger partial charge in [-0.05, 0) is 49.1 Å². The first-order valence-electron chi connectivity index (χ1n) is 8.17. The molecule has 1 aromatic rings. The van der Waals surface area contributed by atoms with E-state index < -0.39 is 0 Å². The van der Waals surface area contributed by atoms with E-state index in [1.807, 2.05) is 24.5 Å². The molecule has 1 heterocycles. The van der Waals surface area contributed by atoms with Crippen molar-refractivity contribution in [1.29, 1.82) is 0 Å². The lowest BCUT2D eigenvalue weighted by molar-refractivity contribution is -0.118. The van der Waals surface area contributed by atoms with Gasteiger partial charge in [-0.25, -0.2) is 0 Å². The summed E-state index contributed by atoms with van der Waals surface area (Å²) >= 11 is 1.65. The molecule has 4 nitrogen and oxygen atoms in total. The van der Waals surface area contributed by atoms with E-state index in [-0.39, 0.29) is 12.0 Å². The fraction of sp³-hybridized carbons (Fsp3) is 0.611. The minimum Gasteiger partial charge on any atom is -0.495 e. The van der Waals surface area contributed by atoms with E-state index in [0.29, 0.717) is 24.0 Å². The maximum atomic E-state index is 12.4. The van der Waals surface area contributed by atoms with Gasteiger partial charge in [0, 0.05) is 17.9 Å². The highest BCUT2D eigenvalue weighted by molar-refractivity contribution is 7.98. The number of hydrogen-bond acceptors (Lipinski definition) is 4. The van der Waals surface area contributed by atoms with E-state index in [1.54, 1.807) is 18.9 Å². The van der Waals surface area contributed by atoms with Crippen LogP contribution in [0.15, 0.2) is 23.1 Å². The van der Waals surface area contributed by atoms with E-state index in [4.69, 9.17) is 9.47 Å². The Labute approximate surface area is 143 Å². The fourth-order valence-corrected chi connectivity index (χ4v) is 3.34. The molecule has 0 unspecified atom stereocenters. The third kappa shape index (κ3) is 5.15. The minimum absolute atomic E-state index is 0.0506. The molecule has 128 valence electrons. The molecule has 1 aliphatic rings. The molecule has 0 radical (unpaired) electrons. The van der Waals surface area contributed by atoms with Crippen LogP contribution in [0.2, 0.25) is 0 Å². The van der Waals surface area contributed by atoms with Crippen molar-refractivity contribution >= 4 is 23.4 Å². The Morgan fingerprint density at radius 2 is 2.26 bits per heavy atom. The van der Waals surface area contributed by atoms with Crippen LogP contribution in [0.25, 0.3) is 0 Å². The van der Waals surface area contributed by atoms with Crippen molar-refractivity contribution in [3.63, 3.8) is 0 Å². The number of hydrogen-bond donors (Lipinski definition) is 1. The van der Waals surface area contributed by atoms with Crippen molar-refractivity contribution in [2.75, 3.05) is 25.3 Å². The van der Waals surface area contributed by atoms with Gasteiger partial charge in [0.05, 0.1) is 18.9 Å². The molecule has 0 bridgehead atoms. The van der Waals surface area contributed by atoms with Crippen LogP contribution in [0.1, 0.15) is 33.1 Å². The van der Waals surface area contributed by atoms with Crippen molar-refractivity contribution in [2.24, 2.45) is 11.8 Å². The van der Waals surface area contributed by atoms with E-state index in [2.05, 4.69) is 19.2 Å². The Morgan fingerprint density at radius 1 is 1.48 bits per heavy atom. The third-order valence-electron chi connectivity index (χ3n) is 4.32. The topological polar surface area (TPSA) is 47.6 Å². The second kappa shape index (κ2) is 8.60. The Balaban J connectivity index is 1.94. The molecule has 0 saturated carbocycles. The number of ether oxygens (including phenoxy) is 2. The predicted octanol–water partition coefficient (Wildman–Crippen LogP) is 4.20. The highest BCUT2D eigenvalue weighted by atomic mass is 32.2. The Hall–Kier alpha value is -1.20. The average Bonchev–Trinajstić information content (AvgIpc) is 2.55. The highest BCUT2D eigenvalue weighted by Crippen LogP contribution is 2.31. The van der Waals surface area contributed by atoms with Gasteiger partial charge in [0.2, 0.25) is 5.91 Å². The summed E-state index contributed by atoms with van der Waals surface area (Å²) in [4.78, 5) is 13.5. The van der Waals surface area contributed by atoms with Crippen LogP contribution in [0, 0.1) is 11.8 Å². The maximum Gasteiger partial charge on any atom is 0.224 e. The molecule has 2 atom stereocenters. The molecule has 1 amide bonds. The van der Waals surface area contributed by atoms with Crippen LogP contribution >= 0.6 is 11.8 Å². The molecule has 0 aromatic heterocycles. The number of nitrogens with one attached hydrogen (secondary N) is 1. The Morgan fingerprint density at radius 3 is 2.91 bits per heavy atom. The van der Waals surface area contributed by atoms with Gasteiger partial charge in [-0.2, -0.15) is 0 Å². The van der Waals surface area contributed by atoms with Gasteiger partial charge in [-0.15, -0.1) is 11.8 Å². The number of amides is 1. The van der Waals surface area contributed by atoms with Crippen molar-refractivity contribution < 1.29 is 14.3 Å². The minimum atomic E-state index is 0.0506. The van der Waals surface area contributed by atoms with Crippen molar-refractivity contribution in [2.45, 2.75) is 44.1 Å². The van der Waals surface area contributed by atoms with Gasteiger partial charge in [-0.1, -0.05) is 13.8 Å². The largest absolute Gasteiger partial charge is 0.495 e. The second-order valence-electron chi connectivity index (χ2n) is 6.36. The zero-order chi connectivity index (χ0) is 16.8. The van der Waals surface area contributed by atoms with Gasteiger partial charge < -0.3 is 14.8 Å². The first-order valence-corrected chi connectivity index (χ1v) is 9.39. The molecule has 1 N–H and O–H groups in total. The van der Waals surface area contributed by atoms with E-state index in [0.717, 1.165) is 30.0 Å². The van der Waals surface area contributed by atoms with Crippen LogP contribution in [0.4, 0.5) is 5.69 Å². The number of thioether (sulfide) groups is 1. The smallest absolute Gasteiger partial charge is 0.224 e. The lowest BCUT2D eigenvalue weighted by Crippen LogP contribution is -2.31. The number of anilines is 1. The SMILES string of the molecule is COc1cc(SC)ccc1NC(=O)C[C@H]1CCO[C@@H](C(C)C)C1. The van der Waals surface area contributed by atoms with Gasteiger partial charge in [0.25, 0.3) is 0 Å². The van der Waals surface area contributed by atoms with Crippen LogP contribution in [-0.2, 0) is 9.53 Å². The summed E-state index contributed by atoms with van der Waals surface area (Å²) in [6.07, 6.45) is 4.76. The highest BCUT2D eigenvalue weighted by Gasteiger charge is 2.26. The van der Waals surface area contributed by atoms with Gasteiger partial charge in [0.15, 0.2) is 0 Å². The number of methoxy groups -OCH3 is 1. The molecule has 1 aromatic carbocycles. The molecule has 5 heteroatoms. The molecular weight excluding hydrogens is 310 g/mol. The molecule has 23 heavy (non-hydrogen) atoms. The van der Waals surface area contributed by atoms with Crippen molar-refractivity contribution in [3.8, 4) is 5.75 Å². The average molecular weight is 337 g/mol. The lowest BCUT2D eigenvalue weighted by atomic mass is 9.88. The molecule has 0 aliphatic carbocycles. The zero-order valence-corrected chi connectivity index (χ0v) is 15.2. The normalized spacial score (nSPS) is 21.3. The van der Waals surface area contributed by atoms with E-state index >= 15 is 0 Å². The second-order valence-corrected chi connectivity index (χ2v) is 7.24.